The molecule has 0 saturated heterocycles. The molecule has 1 aliphatic rings. The Morgan fingerprint density at radius 2 is 2.21 bits per heavy atom. The van der Waals surface area contributed by atoms with Gasteiger partial charge < -0.3 is 19.5 Å². The average Bonchev–Trinajstić information content (AvgIpc) is 2.59. The van der Waals surface area contributed by atoms with E-state index in [9.17, 15) is 9.59 Å². The smallest absolute Gasteiger partial charge is 0.407 e. The van der Waals surface area contributed by atoms with Crippen LogP contribution in [0.4, 0.5) is 4.79 Å². The Balaban J connectivity index is 2.29. The second-order valence-electron chi connectivity index (χ2n) is 4.05. The molecule has 0 saturated carbocycles. The molecular weight excluding hydrogens is 250 g/mol. The third kappa shape index (κ3) is 2.78. The Labute approximate surface area is 110 Å². The number of alkyl carbamates (subject to hydrolysis) is 1. The van der Waals surface area contributed by atoms with Gasteiger partial charge in [-0.15, -0.1) is 0 Å². The molecule has 1 atom stereocenters. The van der Waals surface area contributed by atoms with Crippen molar-refractivity contribution in [2.45, 2.75) is 12.5 Å². The molecule has 0 spiro atoms. The van der Waals surface area contributed by atoms with Crippen LogP contribution >= 0.6 is 0 Å². The maximum Gasteiger partial charge on any atom is 0.407 e. The molecule has 1 unspecified atom stereocenters. The highest BCUT2D eigenvalue weighted by Crippen LogP contribution is 2.28. The lowest BCUT2D eigenvalue weighted by Gasteiger charge is -2.13. The summed E-state index contributed by atoms with van der Waals surface area (Å²) < 4.78 is 15.1. The van der Waals surface area contributed by atoms with E-state index >= 15 is 0 Å². The number of ether oxygens (including phenoxy) is 3. The first-order chi connectivity index (χ1) is 9.15. The standard InChI is InChI=1S/C13H15NO5/c1-17-8-3-4-11-9(7-8)12(15)10(5-6-19-11)14-13(16)18-2/h3-4,7,10H,5-6H2,1-2H3,(H,14,16). The number of carbonyl (C=O) groups is 2. The Morgan fingerprint density at radius 1 is 1.42 bits per heavy atom. The zero-order chi connectivity index (χ0) is 13.8. The Bertz CT molecular complexity index is 500. The van der Waals surface area contributed by atoms with Gasteiger partial charge in [-0.2, -0.15) is 0 Å². The third-order valence-corrected chi connectivity index (χ3v) is 2.91. The fourth-order valence-electron chi connectivity index (χ4n) is 1.90. The topological polar surface area (TPSA) is 73.9 Å². The average molecular weight is 265 g/mol. The first-order valence-corrected chi connectivity index (χ1v) is 5.85. The van der Waals surface area contributed by atoms with Crippen LogP contribution in [-0.4, -0.2) is 38.7 Å². The maximum atomic E-state index is 12.4. The molecule has 1 heterocycles. The van der Waals surface area contributed by atoms with Crippen molar-refractivity contribution in [2.75, 3.05) is 20.8 Å². The zero-order valence-electron chi connectivity index (χ0n) is 10.8. The van der Waals surface area contributed by atoms with Gasteiger partial charge in [0.25, 0.3) is 0 Å². The molecule has 102 valence electrons. The van der Waals surface area contributed by atoms with Gasteiger partial charge in [0.15, 0.2) is 5.78 Å². The second-order valence-corrected chi connectivity index (χ2v) is 4.05. The van der Waals surface area contributed by atoms with E-state index in [1.807, 2.05) is 0 Å². The molecule has 6 nitrogen and oxygen atoms in total. The summed E-state index contributed by atoms with van der Waals surface area (Å²) in [6.07, 6.45) is -0.241. The van der Waals surface area contributed by atoms with Crippen LogP contribution in [0.3, 0.4) is 0 Å². The predicted molar refractivity (Wildman–Crippen MR) is 66.8 cm³/mol. The Kier molecular flexibility index (Phi) is 3.89. The molecule has 1 amide bonds. The first kappa shape index (κ1) is 13.2. The highest BCUT2D eigenvalue weighted by atomic mass is 16.5. The molecule has 1 aromatic carbocycles. The van der Waals surface area contributed by atoms with E-state index in [-0.39, 0.29) is 5.78 Å². The van der Waals surface area contributed by atoms with E-state index in [4.69, 9.17) is 9.47 Å². The number of amides is 1. The van der Waals surface area contributed by atoms with Crippen LogP contribution in [0.5, 0.6) is 11.5 Å². The molecule has 6 heteroatoms. The zero-order valence-corrected chi connectivity index (χ0v) is 10.8. The fraction of sp³-hybridized carbons (Fsp3) is 0.385. The lowest BCUT2D eigenvalue weighted by molar-refractivity contribution is 0.0928. The lowest BCUT2D eigenvalue weighted by Crippen LogP contribution is -2.40. The van der Waals surface area contributed by atoms with Gasteiger partial charge in [0.2, 0.25) is 0 Å². The highest BCUT2D eigenvalue weighted by molar-refractivity contribution is 6.04. The predicted octanol–water partition coefficient (Wildman–Crippen LogP) is 1.39. The van der Waals surface area contributed by atoms with Gasteiger partial charge in [-0.25, -0.2) is 4.79 Å². The van der Waals surface area contributed by atoms with Crippen molar-refractivity contribution in [3.8, 4) is 11.5 Å². The molecule has 2 rings (SSSR count). The summed E-state index contributed by atoms with van der Waals surface area (Å²) in [6.45, 7) is 0.347. The summed E-state index contributed by atoms with van der Waals surface area (Å²) in [7, 11) is 2.78. The minimum atomic E-state index is -0.652. The van der Waals surface area contributed by atoms with Crippen molar-refractivity contribution in [3.05, 3.63) is 23.8 Å². The summed E-state index contributed by atoms with van der Waals surface area (Å²) in [6, 6.07) is 4.36. The van der Waals surface area contributed by atoms with Gasteiger partial charge in [0.1, 0.15) is 11.5 Å². The molecule has 0 fully saturated rings. The number of fused-ring (bicyclic) bond motifs is 1. The fourth-order valence-corrected chi connectivity index (χ4v) is 1.90. The summed E-state index contributed by atoms with van der Waals surface area (Å²) in [5.74, 6) is 0.853. The van der Waals surface area contributed by atoms with Crippen LogP contribution in [-0.2, 0) is 4.74 Å². The second kappa shape index (κ2) is 5.60. The molecule has 1 aromatic rings. The minimum absolute atomic E-state index is 0.211. The van der Waals surface area contributed by atoms with Gasteiger partial charge >= 0.3 is 6.09 Å². The van der Waals surface area contributed by atoms with Crippen LogP contribution < -0.4 is 14.8 Å². The van der Waals surface area contributed by atoms with E-state index in [0.717, 1.165) is 0 Å². The monoisotopic (exact) mass is 265 g/mol. The first-order valence-electron chi connectivity index (χ1n) is 5.85. The number of methoxy groups -OCH3 is 2. The van der Waals surface area contributed by atoms with Crippen LogP contribution in [0.25, 0.3) is 0 Å². The number of ketones is 1. The highest BCUT2D eigenvalue weighted by Gasteiger charge is 2.28. The lowest BCUT2D eigenvalue weighted by atomic mass is 10.0. The largest absolute Gasteiger partial charge is 0.497 e. The molecule has 0 aliphatic carbocycles. The third-order valence-electron chi connectivity index (χ3n) is 2.91. The van der Waals surface area contributed by atoms with Crippen molar-refractivity contribution in [1.82, 2.24) is 5.32 Å². The normalized spacial score (nSPS) is 17.8. The summed E-state index contributed by atoms with van der Waals surface area (Å²) in [4.78, 5) is 23.6. The summed E-state index contributed by atoms with van der Waals surface area (Å²) >= 11 is 0. The van der Waals surface area contributed by atoms with Crippen LogP contribution in [0.1, 0.15) is 16.8 Å². The number of nitrogens with one attached hydrogen (secondary N) is 1. The molecule has 1 aliphatic heterocycles. The van der Waals surface area contributed by atoms with Gasteiger partial charge in [-0.3, -0.25) is 4.79 Å². The number of carbonyl (C=O) groups excluding carboxylic acids is 2. The minimum Gasteiger partial charge on any atom is -0.497 e. The van der Waals surface area contributed by atoms with Crippen molar-refractivity contribution < 1.29 is 23.8 Å². The molecular formula is C13H15NO5. The van der Waals surface area contributed by atoms with Gasteiger partial charge in [-0.05, 0) is 18.2 Å². The quantitative estimate of drug-likeness (QED) is 0.874. The molecule has 0 aromatic heterocycles. The van der Waals surface area contributed by atoms with Crippen LogP contribution in [0.2, 0.25) is 0 Å². The molecule has 0 radical (unpaired) electrons. The number of benzene rings is 1. The Morgan fingerprint density at radius 3 is 2.89 bits per heavy atom. The maximum absolute atomic E-state index is 12.4. The van der Waals surface area contributed by atoms with E-state index < -0.39 is 12.1 Å². The molecule has 1 N–H and O–H groups in total. The van der Waals surface area contributed by atoms with Gasteiger partial charge in [0, 0.05) is 6.42 Å². The van der Waals surface area contributed by atoms with Crippen molar-refractivity contribution >= 4 is 11.9 Å². The van der Waals surface area contributed by atoms with Crippen molar-refractivity contribution in [3.63, 3.8) is 0 Å². The van der Waals surface area contributed by atoms with Crippen LogP contribution in [0, 0.1) is 0 Å². The van der Waals surface area contributed by atoms with Gasteiger partial charge in [-0.1, -0.05) is 0 Å². The number of Topliss-reactive ketones (excluding diaryl/α,β-unsaturated/α-hetero) is 1. The summed E-state index contributed by atoms with van der Waals surface area (Å²) in [5.41, 5.74) is 0.401. The van der Waals surface area contributed by atoms with Gasteiger partial charge in [0.05, 0.1) is 32.4 Å². The number of hydrogen-bond acceptors (Lipinski definition) is 5. The summed E-state index contributed by atoms with van der Waals surface area (Å²) in [5, 5.41) is 2.51. The number of hydrogen-bond donors (Lipinski definition) is 1. The number of rotatable bonds is 2. The molecule has 19 heavy (non-hydrogen) atoms. The van der Waals surface area contributed by atoms with Crippen LogP contribution in [0.15, 0.2) is 18.2 Å². The van der Waals surface area contributed by atoms with E-state index in [1.54, 1.807) is 18.2 Å². The van der Waals surface area contributed by atoms with E-state index in [2.05, 4.69) is 10.1 Å². The molecule has 0 bridgehead atoms. The van der Waals surface area contributed by atoms with Crippen molar-refractivity contribution in [1.29, 1.82) is 0 Å². The SMILES string of the molecule is COC(=O)NC1CCOc2ccc(OC)cc2C1=O. The van der Waals surface area contributed by atoms with Crippen molar-refractivity contribution in [2.24, 2.45) is 0 Å². The Hall–Kier alpha value is -2.24. The van der Waals surface area contributed by atoms with E-state index in [1.165, 1.54) is 14.2 Å². The van der Waals surface area contributed by atoms with E-state index in [0.29, 0.717) is 30.1 Å².